The Morgan fingerprint density at radius 3 is 2.75 bits per heavy atom. The van der Waals surface area contributed by atoms with Crippen LogP contribution in [-0.2, 0) is 9.53 Å². The highest BCUT2D eigenvalue weighted by Gasteiger charge is 2.18. The lowest BCUT2D eigenvalue weighted by Gasteiger charge is -2.12. The Hall–Kier alpha value is -1.31. The molecule has 0 aromatic heterocycles. The van der Waals surface area contributed by atoms with E-state index in [1.54, 1.807) is 18.2 Å². The number of anilines is 1. The predicted molar refractivity (Wildman–Crippen MR) is 84.3 cm³/mol. The second kappa shape index (κ2) is 6.92. The highest BCUT2D eigenvalue weighted by molar-refractivity contribution is 14.1. The van der Waals surface area contributed by atoms with E-state index in [0.29, 0.717) is 11.3 Å². The number of hydrogen-bond acceptors (Lipinski definition) is 4. The fourth-order valence-electron chi connectivity index (χ4n) is 2.25. The van der Waals surface area contributed by atoms with Crippen LogP contribution in [-0.4, -0.2) is 24.5 Å². The van der Waals surface area contributed by atoms with Gasteiger partial charge in [-0.1, -0.05) is 12.8 Å². The minimum absolute atomic E-state index is 0.226. The van der Waals surface area contributed by atoms with Crippen LogP contribution in [0.15, 0.2) is 18.2 Å². The molecule has 0 aliphatic heterocycles. The van der Waals surface area contributed by atoms with Crippen LogP contribution in [0, 0.1) is 3.57 Å². The Morgan fingerprint density at radius 1 is 1.35 bits per heavy atom. The molecule has 1 aromatic carbocycles. The monoisotopic (exact) mass is 388 g/mol. The van der Waals surface area contributed by atoms with E-state index in [1.165, 1.54) is 0 Å². The molecule has 0 heterocycles. The first-order valence-corrected chi connectivity index (χ1v) is 7.65. The number of carbonyl (C=O) groups is 2. The molecule has 0 radical (unpaired) electrons. The molecule has 108 valence electrons. The molecule has 5 nitrogen and oxygen atoms in total. The van der Waals surface area contributed by atoms with Gasteiger partial charge in [0, 0.05) is 15.3 Å². The molecule has 1 aromatic rings. The van der Waals surface area contributed by atoms with Gasteiger partial charge >= 0.3 is 5.97 Å². The van der Waals surface area contributed by atoms with Gasteiger partial charge in [0.1, 0.15) is 0 Å². The molecule has 1 aliphatic carbocycles. The smallest absolute Gasteiger partial charge is 0.340 e. The lowest BCUT2D eigenvalue weighted by molar-refractivity contribution is -0.124. The number of esters is 1. The van der Waals surface area contributed by atoms with Crippen LogP contribution >= 0.6 is 22.6 Å². The Labute approximate surface area is 131 Å². The van der Waals surface area contributed by atoms with E-state index in [1.807, 2.05) is 0 Å². The lowest BCUT2D eigenvalue weighted by Crippen LogP contribution is -2.35. The number of nitrogens with two attached hydrogens (primary N) is 1. The van der Waals surface area contributed by atoms with Gasteiger partial charge in [0.05, 0.1) is 5.56 Å². The zero-order valence-electron chi connectivity index (χ0n) is 11.0. The second-order valence-corrected chi connectivity index (χ2v) is 6.10. The molecular weight excluding hydrogens is 371 g/mol. The summed E-state index contributed by atoms with van der Waals surface area (Å²) in [6, 6.07) is 5.33. The number of hydrogen-bond donors (Lipinski definition) is 2. The van der Waals surface area contributed by atoms with Gasteiger partial charge in [-0.15, -0.1) is 0 Å². The summed E-state index contributed by atoms with van der Waals surface area (Å²) < 4.78 is 5.89. The van der Waals surface area contributed by atoms with Crippen LogP contribution in [0.4, 0.5) is 5.69 Å². The van der Waals surface area contributed by atoms with Crippen molar-refractivity contribution in [3.63, 3.8) is 0 Å². The maximum absolute atomic E-state index is 11.9. The van der Waals surface area contributed by atoms with Gasteiger partial charge < -0.3 is 15.8 Å². The molecule has 0 spiro atoms. The van der Waals surface area contributed by atoms with Crippen LogP contribution in [0.1, 0.15) is 36.0 Å². The molecule has 0 bridgehead atoms. The Kier molecular flexibility index (Phi) is 5.22. The zero-order chi connectivity index (χ0) is 14.5. The van der Waals surface area contributed by atoms with Crippen molar-refractivity contribution in [3.8, 4) is 0 Å². The summed E-state index contributed by atoms with van der Waals surface area (Å²) in [5, 5.41) is 2.86. The summed E-state index contributed by atoms with van der Waals surface area (Å²) in [7, 11) is 0. The van der Waals surface area contributed by atoms with Crippen molar-refractivity contribution >= 4 is 40.2 Å². The van der Waals surface area contributed by atoms with Crippen molar-refractivity contribution in [1.82, 2.24) is 5.32 Å². The standard InChI is InChI=1S/C14H17IN2O3/c15-9-5-6-12(16)11(7-9)14(19)20-8-13(18)17-10-3-1-2-4-10/h5-7,10H,1-4,8,16H2,(H,17,18). The lowest BCUT2D eigenvalue weighted by atomic mass is 10.2. The molecule has 2 rings (SSSR count). The first-order chi connectivity index (χ1) is 9.56. The summed E-state index contributed by atoms with van der Waals surface area (Å²) >= 11 is 2.09. The van der Waals surface area contributed by atoms with E-state index in [-0.39, 0.29) is 18.6 Å². The second-order valence-electron chi connectivity index (χ2n) is 4.86. The largest absolute Gasteiger partial charge is 0.452 e. The third kappa shape index (κ3) is 4.09. The highest BCUT2D eigenvalue weighted by atomic mass is 127. The number of halogens is 1. The van der Waals surface area contributed by atoms with Crippen LogP contribution in [0.3, 0.4) is 0 Å². The molecule has 1 amide bonds. The maximum Gasteiger partial charge on any atom is 0.340 e. The average molecular weight is 388 g/mol. The van der Waals surface area contributed by atoms with Crippen LogP contribution in [0.2, 0.25) is 0 Å². The minimum Gasteiger partial charge on any atom is -0.452 e. The van der Waals surface area contributed by atoms with E-state index in [2.05, 4.69) is 27.9 Å². The quantitative estimate of drug-likeness (QED) is 0.470. The van der Waals surface area contributed by atoms with Crippen molar-refractivity contribution in [3.05, 3.63) is 27.3 Å². The van der Waals surface area contributed by atoms with Gasteiger partial charge in [-0.2, -0.15) is 0 Å². The summed E-state index contributed by atoms with van der Waals surface area (Å²) in [5.74, 6) is -0.822. The third-order valence-electron chi connectivity index (χ3n) is 3.29. The van der Waals surface area contributed by atoms with Gasteiger partial charge in [0.2, 0.25) is 0 Å². The SMILES string of the molecule is Nc1ccc(I)cc1C(=O)OCC(=O)NC1CCCC1. The maximum atomic E-state index is 11.9. The van der Waals surface area contributed by atoms with Crippen molar-refractivity contribution in [1.29, 1.82) is 0 Å². The number of ether oxygens (including phenoxy) is 1. The van der Waals surface area contributed by atoms with E-state index >= 15 is 0 Å². The summed E-state index contributed by atoms with van der Waals surface area (Å²) in [6.45, 7) is -0.264. The number of nitrogens with one attached hydrogen (secondary N) is 1. The number of amides is 1. The molecule has 0 saturated heterocycles. The van der Waals surface area contributed by atoms with E-state index in [9.17, 15) is 9.59 Å². The summed E-state index contributed by atoms with van der Waals surface area (Å²) in [6.07, 6.45) is 4.29. The molecular formula is C14H17IN2O3. The molecule has 1 fully saturated rings. The molecule has 0 atom stereocenters. The van der Waals surface area contributed by atoms with Crippen molar-refractivity contribution in [2.45, 2.75) is 31.7 Å². The number of benzene rings is 1. The minimum atomic E-state index is -0.567. The molecule has 3 N–H and O–H groups in total. The van der Waals surface area contributed by atoms with Gasteiger partial charge in [0.25, 0.3) is 5.91 Å². The van der Waals surface area contributed by atoms with Crippen LogP contribution in [0.25, 0.3) is 0 Å². The zero-order valence-corrected chi connectivity index (χ0v) is 13.2. The first kappa shape index (κ1) is 15.1. The topological polar surface area (TPSA) is 81.4 Å². The fourth-order valence-corrected chi connectivity index (χ4v) is 2.74. The van der Waals surface area contributed by atoms with Gasteiger partial charge in [0.15, 0.2) is 6.61 Å². The van der Waals surface area contributed by atoms with Gasteiger partial charge in [-0.25, -0.2) is 4.79 Å². The molecule has 20 heavy (non-hydrogen) atoms. The number of carbonyl (C=O) groups excluding carboxylic acids is 2. The van der Waals surface area contributed by atoms with Crippen molar-refractivity contribution in [2.24, 2.45) is 0 Å². The van der Waals surface area contributed by atoms with Crippen molar-refractivity contribution in [2.75, 3.05) is 12.3 Å². The van der Waals surface area contributed by atoms with E-state index < -0.39 is 5.97 Å². The third-order valence-corrected chi connectivity index (χ3v) is 3.96. The van der Waals surface area contributed by atoms with Gasteiger partial charge in [-0.3, -0.25) is 4.79 Å². The summed E-state index contributed by atoms with van der Waals surface area (Å²) in [5.41, 5.74) is 6.37. The van der Waals surface area contributed by atoms with Crippen LogP contribution in [0.5, 0.6) is 0 Å². The predicted octanol–water partition coefficient (Wildman–Crippen LogP) is 2.09. The van der Waals surface area contributed by atoms with Gasteiger partial charge in [-0.05, 0) is 53.6 Å². The average Bonchev–Trinajstić information content (AvgIpc) is 2.91. The molecule has 1 aliphatic rings. The highest BCUT2D eigenvalue weighted by Crippen LogP contribution is 2.18. The molecule has 0 unspecified atom stereocenters. The number of rotatable bonds is 4. The summed E-state index contributed by atoms with van der Waals surface area (Å²) in [4.78, 5) is 23.5. The Balaban J connectivity index is 1.85. The molecule has 6 heteroatoms. The van der Waals surface area contributed by atoms with E-state index in [4.69, 9.17) is 10.5 Å². The normalized spacial score (nSPS) is 15.1. The fraction of sp³-hybridized carbons (Fsp3) is 0.429. The van der Waals surface area contributed by atoms with E-state index in [0.717, 1.165) is 29.3 Å². The first-order valence-electron chi connectivity index (χ1n) is 6.58. The molecule has 1 saturated carbocycles. The Morgan fingerprint density at radius 2 is 2.05 bits per heavy atom. The Bertz CT molecular complexity index is 513. The number of nitrogen functional groups attached to an aromatic ring is 1. The van der Waals surface area contributed by atoms with Crippen molar-refractivity contribution < 1.29 is 14.3 Å². The van der Waals surface area contributed by atoms with Crippen LogP contribution < -0.4 is 11.1 Å².